The van der Waals surface area contributed by atoms with Gasteiger partial charge in [0.15, 0.2) is 0 Å². The van der Waals surface area contributed by atoms with E-state index in [-0.39, 0.29) is 24.8 Å². The van der Waals surface area contributed by atoms with Crippen LogP contribution in [-0.4, -0.2) is 6.41 Å². The molecule has 0 radical (unpaired) electrons. The molecule has 4 aliphatic carbocycles. The fraction of sp³-hybridized carbons (Fsp3) is 0.412. The van der Waals surface area contributed by atoms with Gasteiger partial charge >= 0.3 is 82.6 Å². The van der Waals surface area contributed by atoms with E-state index in [0.717, 1.165) is 12.8 Å². The number of halogens is 2. The summed E-state index contributed by atoms with van der Waals surface area (Å²) < 4.78 is 3.01. The third kappa shape index (κ3) is 22.6. The molecule has 6 rings (SSSR count). The fourth-order valence-corrected chi connectivity index (χ4v) is 3.91. The Kier molecular flexibility index (Phi) is 28.3. The van der Waals surface area contributed by atoms with Crippen LogP contribution in [0.5, 0.6) is 0 Å². The second kappa shape index (κ2) is 26.9. The molecule has 0 N–H and O–H groups in total. The molecule has 4 aliphatic rings. The summed E-state index contributed by atoms with van der Waals surface area (Å²) in [4.78, 5) is 0. The maximum atomic E-state index is 2.99. The molecule has 0 heterocycles. The Hall–Kier alpha value is -0.254. The molecule has 204 valence electrons. The molecule has 0 nitrogen and oxygen atoms in total. The zero-order valence-electron chi connectivity index (χ0n) is 23.8. The van der Waals surface area contributed by atoms with E-state index >= 15 is 0 Å². The number of allylic oxidation sites excluding steroid dienone is 8. The van der Waals surface area contributed by atoms with Crippen LogP contribution in [0, 0.1) is 12.2 Å². The molecule has 0 saturated carbocycles. The topological polar surface area (TPSA) is 0 Å². The van der Waals surface area contributed by atoms with Gasteiger partial charge in [-0.05, 0) is 0 Å². The molecule has 38 heavy (non-hydrogen) atoms. The van der Waals surface area contributed by atoms with Crippen LogP contribution in [0.25, 0.3) is 0 Å². The summed E-state index contributed by atoms with van der Waals surface area (Å²) in [5.41, 5.74) is 6.39. The largest absolute Gasteiger partial charge is 1.00 e. The van der Waals surface area contributed by atoms with Gasteiger partial charge in [-0.3, -0.25) is 12.2 Å². The van der Waals surface area contributed by atoms with Gasteiger partial charge in [-0.2, -0.15) is 58.7 Å². The zero-order chi connectivity index (χ0) is 26.4. The molecule has 0 fully saturated rings. The van der Waals surface area contributed by atoms with Gasteiger partial charge in [0, 0.05) is 0 Å². The molecule has 0 aromatic heterocycles. The number of fused-ring (bicyclic) bond motifs is 2. The van der Waals surface area contributed by atoms with E-state index in [2.05, 4.69) is 88.4 Å². The average Bonchev–Trinajstić information content (AvgIpc) is 3.68. The summed E-state index contributed by atoms with van der Waals surface area (Å²) in [6.07, 6.45) is 30.9. The second-order valence-electron chi connectivity index (χ2n) is 9.57. The molecule has 0 saturated heterocycles. The van der Waals surface area contributed by atoms with E-state index in [1.807, 2.05) is 24.3 Å². The summed E-state index contributed by atoms with van der Waals surface area (Å²) in [7, 11) is 0. The first-order chi connectivity index (χ1) is 17.4. The quantitative estimate of drug-likeness (QED) is 0.371. The van der Waals surface area contributed by atoms with E-state index in [4.69, 9.17) is 0 Å². The monoisotopic (exact) mass is 702 g/mol. The summed E-state index contributed by atoms with van der Waals surface area (Å²) in [6, 6.07) is 13.4. The minimum atomic E-state index is 0. The van der Waals surface area contributed by atoms with Gasteiger partial charge in [0.05, 0.1) is 0 Å². The number of aryl methyl sites for hydroxylation is 4. The van der Waals surface area contributed by atoms with Gasteiger partial charge in [-0.15, -0.1) is 12.8 Å². The van der Waals surface area contributed by atoms with Crippen molar-refractivity contribution in [2.45, 2.75) is 91.9 Å². The predicted molar refractivity (Wildman–Crippen MR) is 153 cm³/mol. The minimum Gasteiger partial charge on any atom is -1.00 e. The SMILES string of the molecule is C[C](C)=[Zr+2].C[C](C)=[Zr+2].[C-]1=CC=CC1.[C-]1=CC=CC1.[Cl-].[Cl-].c1cc2c([cH-]1)CCCC2.c1cc2c([cH-]1)CCCC2. The number of rotatable bonds is 0. The van der Waals surface area contributed by atoms with Crippen LogP contribution in [-0.2, 0) is 74.2 Å². The Morgan fingerprint density at radius 1 is 0.632 bits per heavy atom. The van der Waals surface area contributed by atoms with Gasteiger partial charge in [0.2, 0.25) is 0 Å². The molecule has 2 aromatic rings. The first kappa shape index (κ1) is 39.9. The van der Waals surface area contributed by atoms with E-state index in [1.165, 1.54) is 57.8 Å². The van der Waals surface area contributed by atoms with Crippen molar-refractivity contribution in [3.05, 3.63) is 107 Å². The van der Waals surface area contributed by atoms with Crippen molar-refractivity contribution in [1.82, 2.24) is 0 Å². The number of hydrogen-bond donors (Lipinski definition) is 0. The standard InChI is InChI=1S/2C9H11.2C5H5.2C3H6.2ClH.2Zr/c2*1-2-5-9-7-3-6-8(9)4-1;2*1-2-4-5-3-1;2*1-3-2;;;;/h2*3,6-7H,1-2,4-5H2;2*1-3H,4H2;2*1-2H3;2*1H;;/q4*-1;;;;;2*+2/p-2. The van der Waals surface area contributed by atoms with Gasteiger partial charge in [-0.1, -0.05) is 51.4 Å². The van der Waals surface area contributed by atoms with Crippen LogP contribution in [0.4, 0.5) is 0 Å². The normalized spacial score (nSPS) is 14.3. The van der Waals surface area contributed by atoms with Crippen molar-refractivity contribution in [1.29, 1.82) is 0 Å². The predicted octanol–water partition coefficient (Wildman–Crippen LogP) is 2.68. The van der Waals surface area contributed by atoms with E-state index in [1.54, 1.807) is 70.7 Å². The van der Waals surface area contributed by atoms with Crippen molar-refractivity contribution >= 4 is 6.41 Å². The Balaban J connectivity index is 0. The molecule has 0 spiro atoms. The maximum Gasteiger partial charge on any atom is -0.0512 e. The molecular weight excluding hydrogens is 662 g/mol. The third-order valence-corrected chi connectivity index (χ3v) is 5.47. The summed E-state index contributed by atoms with van der Waals surface area (Å²) in [5.74, 6) is 0. The first-order valence-electron chi connectivity index (χ1n) is 13.3. The van der Waals surface area contributed by atoms with Crippen molar-refractivity contribution in [3.63, 3.8) is 0 Å². The fourth-order valence-electron chi connectivity index (χ4n) is 3.91. The smallest absolute Gasteiger partial charge is 0.0512 e. The molecule has 4 heteroatoms. The van der Waals surface area contributed by atoms with E-state index < -0.39 is 0 Å². The minimum absolute atomic E-state index is 0. The van der Waals surface area contributed by atoms with Crippen LogP contribution in [0.1, 0.15) is 88.5 Å². The third-order valence-electron chi connectivity index (χ3n) is 5.47. The van der Waals surface area contributed by atoms with Gasteiger partial charge in [-0.25, -0.2) is 36.4 Å². The second-order valence-corrected chi connectivity index (χ2v) is 14.5. The van der Waals surface area contributed by atoms with Gasteiger partial charge < -0.3 is 24.8 Å². The average molecular weight is 706 g/mol. The summed E-state index contributed by atoms with van der Waals surface area (Å²) in [6.45, 7) is 8.49. The molecule has 0 bridgehead atoms. The van der Waals surface area contributed by atoms with E-state index in [9.17, 15) is 0 Å². The van der Waals surface area contributed by atoms with Gasteiger partial charge in [0.25, 0.3) is 0 Å². The van der Waals surface area contributed by atoms with Crippen molar-refractivity contribution in [3.8, 4) is 0 Å². The van der Waals surface area contributed by atoms with Crippen LogP contribution < -0.4 is 24.8 Å². The molecule has 0 atom stereocenters. The Morgan fingerprint density at radius 3 is 1.21 bits per heavy atom. The molecule has 2 aromatic carbocycles. The van der Waals surface area contributed by atoms with E-state index in [0.29, 0.717) is 0 Å². The van der Waals surface area contributed by atoms with Crippen molar-refractivity contribution in [2.75, 3.05) is 0 Å². The maximum absolute atomic E-state index is 2.99. The Bertz CT molecular complexity index is 837. The van der Waals surface area contributed by atoms with Crippen molar-refractivity contribution < 1.29 is 73.3 Å². The van der Waals surface area contributed by atoms with Crippen LogP contribution in [0.15, 0.2) is 72.9 Å². The zero-order valence-corrected chi connectivity index (χ0v) is 30.2. The summed E-state index contributed by atoms with van der Waals surface area (Å²) >= 11 is 3.11. The van der Waals surface area contributed by atoms with Crippen molar-refractivity contribution in [2.24, 2.45) is 0 Å². The van der Waals surface area contributed by atoms with Gasteiger partial charge in [0.1, 0.15) is 0 Å². The first-order valence-corrected chi connectivity index (χ1v) is 15.8. The molecule has 0 unspecified atom stereocenters. The van der Waals surface area contributed by atoms with Crippen LogP contribution in [0.2, 0.25) is 0 Å². The van der Waals surface area contributed by atoms with Crippen LogP contribution >= 0.6 is 0 Å². The summed E-state index contributed by atoms with van der Waals surface area (Å²) in [5, 5.41) is 0. The van der Waals surface area contributed by atoms with Crippen LogP contribution in [0.3, 0.4) is 0 Å². The Labute approximate surface area is 276 Å². The molecule has 0 amide bonds. The Morgan fingerprint density at radius 2 is 0.974 bits per heavy atom. The molecular formula is C34H44Cl2Zr2-2. The number of hydrogen-bond acceptors (Lipinski definition) is 0. The molecule has 0 aliphatic heterocycles.